The predicted octanol–water partition coefficient (Wildman–Crippen LogP) is 1.77. The average molecular weight is 318 g/mol. The van der Waals surface area contributed by atoms with E-state index in [9.17, 15) is 9.59 Å². The Morgan fingerprint density at radius 1 is 1.35 bits per heavy atom. The molecule has 0 radical (unpaired) electrons. The standard InChI is InChI=1S/C13H16ClNO4S/c1-8(20-10-4-2-9(14)3-5-10)12(17)15-11(6-7-16)13(18)19/h2-5,8,11,16H,6-7H2,1H3,(H,15,17)(H,18,19). The molecule has 3 N–H and O–H groups in total. The number of thioether (sulfide) groups is 1. The maximum atomic E-state index is 11.9. The topological polar surface area (TPSA) is 86.6 Å². The third kappa shape index (κ3) is 5.40. The van der Waals surface area contributed by atoms with Crippen LogP contribution in [0.4, 0.5) is 0 Å². The highest BCUT2D eigenvalue weighted by atomic mass is 35.5. The van der Waals surface area contributed by atoms with Crippen molar-refractivity contribution >= 4 is 35.2 Å². The zero-order chi connectivity index (χ0) is 15.1. The fourth-order valence-corrected chi connectivity index (χ4v) is 2.45. The first-order valence-electron chi connectivity index (χ1n) is 6.00. The molecule has 1 amide bonds. The molecule has 110 valence electrons. The number of rotatable bonds is 7. The van der Waals surface area contributed by atoms with Gasteiger partial charge in [-0.05, 0) is 31.2 Å². The summed E-state index contributed by atoms with van der Waals surface area (Å²) in [7, 11) is 0. The molecule has 1 rings (SSSR count). The normalized spacial score (nSPS) is 13.6. The number of hydrogen-bond donors (Lipinski definition) is 3. The number of nitrogens with one attached hydrogen (secondary N) is 1. The second-order valence-corrected chi connectivity index (χ2v) is 5.98. The molecule has 0 aliphatic carbocycles. The highest BCUT2D eigenvalue weighted by Gasteiger charge is 2.22. The third-order valence-electron chi connectivity index (χ3n) is 2.53. The van der Waals surface area contributed by atoms with Gasteiger partial charge in [0.2, 0.25) is 5.91 Å². The van der Waals surface area contributed by atoms with Gasteiger partial charge in [-0.3, -0.25) is 4.79 Å². The van der Waals surface area contributed by atoms with Crippen LogP contribution in [0.25, 0.3) is 0 Å². The van der Waals surface area contributed by atoms with Crippen LogP contribution in [0.3, 0.4) is 0 Å². The van der Waals surface area contributed by atoms with Gasteiger partial charge >= 0.3 is 5.97 Å². The first-order chi connectivity index (χ1) is 9.43. The molecular formula is C13H16ClNO4S. The Morgan fingerprint density at radius 2 is 1.95 bits per heavy atom. The molecular weight excluding hydrogens is 302 g/mol. The average Bonchev–Trinajstić information content (AvgIpc) is 2.40. The summed E-state index contributed by atoms with van der Waals surface area (Å²) in [6.45, 7) is 1.39. The van der Waals surface area contributed by atoms with E-state index in [1.54, 1.807) is 31.2 Å². The Kier molecular flexibility index (Phi) is 6.84. The monoisotopic (exact) mass is 317 g/mol. The van der Waals surface area contributed by atoms with Crippen molar-refractivity contribution in [1.82, 2.24) is 5.32 Å². The quantitative estimate of drug-likeness (QED) is 0.667. The largest absolute Gasteiger partial charge is 0.480 e. The number of carbonyl (C=O) groups is 2. The van der Waals surface area contributed by atoms with E-state index in [1.807, 2.05) is 0 Å². The van der Waals surface area contributed by atoms with Crippen molar-refractivity contribution in [2.45, 2.75) is 29.5 Å². The molecule has 1 aromatic carbocycles. The molecule has 7 heteroatoms. The van der Waals surface area contributed by atoms with Crippen molar-refractivity contribution < 1.29 is 19.8 Å². The molecule has 1 aromatic rings. The van der Waals surface area contributed by atoms with Gasteiger partial charge in [-0.25, -0.2) is 4.79 Å². The first kappa shape index (κ1) is 16.8. The molecule has 0 fully saturated rings. The van der Waals surface area contributed by atoms with E-state index in [2.05, 4.69) is 5.32 Å². The molecule has 0 heterocycles. The van der Waals surface area contributed by atoms with Crippen LogP contribution in [-0.4, -0.2) is 40.0 Å². The van der Waals surface area contributed by atoms with Gasteiger partial charge in [0.15, 0.2) is 0 Å². The lowest BCUT2D eigenvalue weighted by Crippen LogP contribution is -2.44. The van der Waals surface area contributed by atoms with Gasteiger partial charge in [0.25, 0.3) is 0 Å². The van der Waals surface area contributed by atoms with Crippen LogP contribution in [0.2, 0.25) is 5.02 Å². The Hall–Kier alpha value is -1.24. The van der Waals surface area contributed by atoms with Crippen LogP contribution in [0.15, 0.2) is 29.2 Å². The molecule has 2 atom stereocenters. The van der Waals surface area contributed by atoms with Crippen molar-refractivity contribution in [3.8, 4) is 0 Å². The number of aliphatic carboxylic acids is 1. The highest BCUT2D eigenvalue weighted by molar-refractivity contribution is 8.00. The van der Waals surface area contributed by atoms with Gasteiger partial charge in [-0.1, -0.05) is 11.6 Å². The Balaban J connectivity index is 2.57. The molecule has 0 aromatic heterocycles. The van der Waals surface area contributed by atoms with Gasteiger partial charge in [-0.2, -0.15) is 0 Å². The summed E-state index contributed by atoms with van der Waals surface area (Å²) >= 11 is 7.08. The summed E-state index contributed by atoms with van der Waals surface area (Å²) in [4.78, 5) is 23.7. The molecule has 0 aliphatic rings. The van der Waals surface area contributed by atoms with E-state index in [0.29, 0.717) is 5.02 Å². The number of halogens is 1. The number of carboxylic acids is 1. The van der Waals surface area contributed by atoms with Gasteiger partial charge in [0.1, 0.15) is 6.04 Å². The van der Waals surface area contributed by atoms with Crippen molar-refractivity contribution in [3.05, 3.63) is 29.3 Å². The maximum absolute atomic E-state index is 11.9. The lowest BCUT2D eigenvalue weighted by atomic mass is 10.2. The van der Waals surface area contributed by atoms with E-state index in [-0.39, 0.29) is 18.9 Å². The van der Waals surface area contributed by atoms with Crippen molar-refractivity contribution in [1.29, 1.82) is 0 Å². The zero-order valence-electron chi connectivity index (χ0n) is 10.9. The van der Waals surface area contributed by atoms with Crippen molar-refractivity contribution in [3.63, 3.8) is 0 Å². The van der Waals surface area contributed by atoms with Gasteiger partial charge in [0, 0.05) is 22.9 Å². The van der Waals surface area contributed by atoms with Gasteiger partial charge in [0.05, 0.1) is 5.25 Å². The number of aliphatic hydroxyl groups is 1. The molecule has 2 unspecified atom stereocenters. The second kappa shape index (κ2) is 8.14. The van der Waals surface area contributed by atoms with E-state index in [1.165, 1.54) is 11.8 Å². The molecule has 0 saturated carbocycles. The lowest BCUT2D eigenvalue weighted by Gasteiger charge is -2.16. The minimum absolute atomic E-state index is 0.0145. The lowest BCUT2D eigenvalue weighted by molar-refractivity contribution is -0.142. The van der Waals surface area contributed by atoms with E-state index in [0.717, 1.165) is 4.90 Å². The van der Waals surface area contributed by atoms with Crippen LogP contribution in [0.5, 0.6) is 0 Å². The fourth-order valence-electron chi connectivity index (χ4n) is 1.45. The molecule has 0 bridgehead atoms. The zero-order valence-corrected chi connectivity index (χ0v) is 12.4. The maximum Gasteiger partial charge on any atom is 0.326 e. The van der Waals surface area contributed by atoms with Crippen LogP contribution < -0.4 is 5.32 Å². The number of carboxylic acid groups (broad SMARTS) is 1. The van der Waals surface area contributed by atoms with E-state index < -0.39 is 17.3 Å². The van der Waals surface area contributed by atoms with Crippen LogP contribution in [0, 0.1) is 0 Å². The first-order valence-corrected chi connectivity index (χ1v) is 7.26. The summed E-state index contributed by atoms with van der Waals surface area (Å²) in [5, 5.41) is 20.2. The summed E-state index contributed by atoms with van der Waals surface area (Å²) in [5.41, 5.74) is 0. The number of hydrogen-bond acceptors (Lipinski definition) is 4. The number of aliphatic hydroxyl groups excluding tert-OH is 1. The number of amides is 1. The summed E-state index contributed by atoms with van der Waals surface area (Å²) in [5.74, 6) is -1.54. The SMILES string of the molecule is CC(Sc1ccc(Cl)cc1)C(=O)NC(CCO)C(=O)O. The molecule has 20 heavy (non-hydrogen) atoms. The van der Waals surface area contributed by atoms with Crippen LogP contribution >= 0.6 is 23.4 Å². The Labute approximate surface area is 126 Å². The summed E-state index contributed by atoms with van der Waals surface area (Å²) in [6, 6.07) is 5.96. The fraction of sp³-hybridized carbons (Fsp3) is 0.385. The minimum atomic E-state index is -1.16. The van der Waals surface area contributed by atoms with Crippen molar-refractivity contribution in [2.75, 3.05) is 6.61 Å². The predicted molar refractivity (Wildman–Crippen MR) is 78.0 cm³/mol. The molecule has 0 spiro atoms. The molecule has 5 nitrogen and oxygen atoms in total. The third-order valence-corrected chi connectivity index (χ3v) is 3.89. The van der Waals surface area contributed by atoms with E-state index >= 15 is 0 Å². The highest BCUT2D eigenvalue weighted by Crippen LogP contribution is 2.24. The van der Waals surface area contributed by atoms with E-state index in [4.69, 9.17) is 21.8 Å². The van der Waals surface area contributed by atoms with Crippen LogP contribution in [-0.2, 0) is 9.59 Å². The van der Waals surface area contributed by atoms with Gasteiger partial charge in [-0.15, -0.1) is 11.8 Å². The second-order valence-electron chi connectivity index (χ2n) is 4.13. The number of benzene rings is 1. The Bertz CT molecular complexity index is 466. The molecule has 0 aliphatic heterocycles. The van der Waals surface area contributed by atoms with Crippen LogP contribution in [0.1, 0.15) is 13.3 Å². The smallest absolute Gasteiger partial charge is 0.326 e. The number of carbonyl (C=O) groups excluding carboxylic acids is 1. The Morgan fingerprint density at radius 3 is 2.45 bits per heavy atom. The minimum Gasteiger partial charge on any atom is -0.480 e. The van der Waals surface area contributed by atoms with Gasteiger partial charge < -0.3 is 15.5 Å². The van der Waals surface area contributed by atoms with Crippen molar-refractivity contribution in [2.24, 2.45) is 0 Å². The summed E-state index contributed by atoms with van der Waals surface area (Å²) in [6.07, 6.45) is -0.0145. The molecule has 0 saturated heterocycles. The summed E-state index contributed by atoms with van der Waals surface area (Å²) < 4.78 is 0.